The van der Waals surface area contributed by atoms with Crippen molar-refractivity contribution >= 4 is 0 Å². The van der Waals surface area contributed by atoms with Gasteiger partial charge >= 0.3 is 0 Å². The molecule has 2 nitrogen and oxygen atoms in total. The van der Waals surface area contributed by atoms with E-state index in [1.807, 2.05) is 32.0 Å². The molecular weight excluding hydrogens is 186 g/mol. The third kappa shape index (κ3) is 4.96. The predicted octanol–water partition coefficient (Wildman–Crippen LogP) is 2.18. The third-order valence-electron chi connectivity index (χ3n) is 2.56. The first kappa shape index (κ1) is 12.2. The Labute approximate surface area is 92.3 Å². The lowest BCUT2D eigenvalue weighted by Gasteiger charge is -2.14. The number of benzene rings is 1. The first-order chi connectivity index (χ1) is 7.20. The van der Waals surface area contributed by atoms with Crippen molar-refractivity contribution in [3.8, 4) is 0 Å². The van der Waals surface area contributed by atoms with E-state index in [0.29, 0.717) is 5.92 Å². The minimum absolute atomic E-state index is 0.187. The maximum Gasteiger partial charge on any atom is 0.0575 e. The zero-order valence-corrected chi connectivity index (χ0v) is 9.61. The minimum atomic E-state index is -0.187. The molecule has 0 spiro atoms. The quantitative estimate of drug-likeness (QED) is 0.701. The van der Waals surface area contributed by atoms with Gasteiger partial charge in [-0.15, -0.1) is 0 Å². The normalized spacial score (nSPS) is 13.1. The summed E-state index contributed by atoms with van der Waals surface area (Å²) < 4.78 is 0. The Morgan fingerprint density at radius 1 is 1.20 bits per heavy atom. The first-order valence-electron chi connectivity index (χ1n) is 5.63. The molecule has 2 heteroatoms. The van der Waals surface area contributed by atoms with E-state index in [-0.39, 0.29) is 6.10 Å². The van der Waals surface area contributed by atoms with Gasteiger partial charge < -0.3 is 10.4 Å². The molecule has 0 aliphatic rings. The molecule has 0 saturated carbocycles. The van der Waals surface area contributed by atoms with Crippen molar-refractivity contribution in [1.82, 2.24) is 5.32 Å². The van der Waals surface area contributed by atoms with Crippen LogP contribution in [0.25, 0.3) is 0 Å². The van der Waals surface area contributed by atoms with Crippen molar-refractivity contribution in [2.24, 2.45) is 5.92 Å². The van der Waals surface area contributed by atoms with Gasteiger partial charge in [-0.25, -0.2) is 0 Å². The molecule has 0 aliphatic heterocycles. The second-order valence-corrected chi connectivity index (χ2v) is 4.26. The third-order valence-corrected chi connectivity index (χ3v) is 2.56. The summed E-state index contributed by atoms with van der Waals surface area (Å²) in [5.74, 6) is 0.350. The summed E-state index contributed by atoms with van der Waals surface area (Å²) in [4.78, 5) is 0. The maximum atomic E-state index is 9.58. The van der Waals surface area contributed by atoms with Crippen molar-refractivity contribution in [3.05, 3.63) is 35.9 Å². The van der Waals surface area contributed by atoms with Crippen LogP contribution in [0.2, 0.25) is 0 Å². The van der Waals surface area contributed by atoms with Gasteiger partial charge in [0.05, 0.1) is 6.10 Å². The standard InChI is InChI=1S/C13H21NO/c1-11(2)13(15)8-9-14-10-12-6-4-3-5-7-12/h3-7,11,13-15H,8-10H2,1-2H3. The molecule has 1 rings (SSSR count). The van der Waals surface area contributed by atoms with E-state index >= 15 is 0 Å². The maximum absolute atomic E-state index is 9.58. The van der Waals surface area contributed by atoms with Crippen molar-refractivity contribution in [3.63, 3.8) is 0 Å². The molecule has 0 bridgehead atoms. The van der Waals surface area contributed by atoms with Gasteiger partial charge in [0.25, 0.3) is 0 Å². The Kier molecular flexibility index (Phi) is 5.37. The van der Waals surface area contributed by atoms with Gasteiger partial charge in [0.15, 0.2) is 0 Å². The molecule has 1 unspecified atom stereocenters. The van der Waals surface area contributed by atoms with Gasteiger partial charge in [0, 0.05) is 6.54 Å². The molecule has 1 atom stereocenters. The van der Waals surface area contributed by atoms with E-state index in [1.165, 1.54) is 5.56 Å². The highest BCUT2D eigenvalue weighted by molar-refractivity contribution is 5.14. The highest BCUT2D eigenvalue weighted by atomic mass is 16.3. The molecule has 0 aliphatic carbocycles. The molecule has 0 heterocycles. The number of hydrogen-bond donors (Lipinski definition) is 2. The van der Waals surface area contributed by atoms with Crippen LogP contribution in [0.1, 0.15) is 25.8 Å². The van der Waals surface area contributed by atoms with E-state index in [0.717, 1.165) is 19.5 Å². The van der Waals surface area contributed by atoms with Gasteiger partial charge in [-0.1, -0.05) is 44.2 Å². The van der Waals surface area contributed by atoms with E-state index in [4.69, 9.17) is 0 Å². The van der Waals surface area contributed by atoms with Crippen LogP contribution in [0.3, 0.4) is 0 Å². The summed E-state index contributed by atoms with van der Waals surface area (Å²) in [6.45, 7) is 5.84. The smallest absolute Gasteiger partial charge is 0.0575 e. The average molecular weight is 207 g/mol. The van der Waals surface area contributed by atoms with Crippen molar-refractivity contribution in [2.75, 3.05) is 6.54 Å². The number of aliphatic hydroxyl groups excluding tert-OH is 1. The Morgan fingerprint density at radius 2 is 1.87 bits per heavy atom. The second-order valence-electron chi connectivity index (χ2n) is 4.26. The Hall–Kier alpha value is -0.860. The van der Waals surface area contributed by atoms with Gasteiger partial charge in [-0.05, 0) is 24.4 Å². The molecule has 1 aromatic carbocycles. The zero-order valence-electron chi connectivity index (χ0n) is 9.61. The molecule has 84 valence electrons. The molecule has 2 N–H and O–H groups in total. The van der Waals surface area contributed by atoms with E-state index < -0.39 is 0 Å². The fourth-order valence-corrected chi connectivity index (χ4v) is 1.41. The van der Waals surface area contributed by atoms with Gasteiger partial charge in [0.1, 0.15) is 0 Å². The lowest BCUT2D eigenvalue weighted by Crippen LogP contribution is -2.23. The summed E-state index contributed by atoms with van der Waals surface area (Å²) >= 11 is 0. The van der Waals surface area contributed by atoms with Crippen LogP contribution >= 0.6 is 0 Å². The lowest BCUT2D eigenvalue weighted by molar-refractivity contribution is 0.116. The molecule has 1 aromatic rings. The molecular formula is C13H21NO. The SMILES string of the molecule is CC(C)C(O)CCNCc1ccccc1. The highest BCUT2D eigenvalue weighted by Crippen LogP contribution is 2.04. The first-order valence-corrected chi connectivity index (χ1v) is 5.63. The highest BCUT2D eigenvalue weighted by Gasteiger charge is 2.07. The van der Waals surface area contributed by atoms with Gasteiger partial charge in [-0.2, -0.15) is 0 Å². The second kappa shape index (κ2) is 6.59. The van der Waals surface area contributed by atoms with E-state index in [1.54, 1.807) is 0 Å². The van der Waals surface area contributed by atoms with Crippen LogP contribution in [-0.2, 0) is 6.54 Å². The summed E-state index contributed by atoms with van der Waals surface area (Å²) in [6, 6.07) is 10.3. The number of rotatable bonds is 6. The lowest BCUT2D eigenvalue weighted by atomic mass is 10.0. The molecule has 0 saturated heterocycles. The van der Waals surface area contributed by atoms with E-state index in [9.17, 15) is 5.11 Å². The Balaban J connectivity index is 2.12. The van der Waals surface area contributed by atoms with Gasteiger partial charge in [-0.3, -0.25) is 0 Å². The van der Waals surface area contributed by atoms with Crippen LogP contribution in [0.15, 0.2) is 30.3 Å². The average Bonchev–Trinajstić information content (AvgIpc) is 2.25. The molecule has 0 radical (unpaired) electrons. The van der Waals surface area contributed by atoms with Crippen molar-refractivity contribution in [1.29, 1.82) is 0 Å². The van der Waals surface area contributed by atoms with Crippen molar-refractivity contribution in [2.45, 2.75) is 32.9 Å². The Bertz CT molecular complexity index is 258. The fraction of sp³-hybridized carbons (Fsp3) is 0.538. The van der Waals surface area contributed by atoms with Gasteiger partial charge in [0.2, 0.25) is 0 Å². The monoisotopic (exact) mass is 207 g/mol. The van der Waals surface area contributed by atoms with Crippen LogP contribution < -0.4 is 5.32 Å². The topological polar surface area (TPSA) is 32.3 Å². The summed E-state index contributed by atoms with van der Waals surface area (Å²) in [5, 5.41) is 12.9. The summed E-state index contributed by atoms with van der Waals surface area (Å²) in [6.07, 6.45) is 0.637. The minimum Gasteiger partial charge on any atom is -0.393 e. The number of nitrogens with one attached hydrogen (secondary N) is 1. The molecule has 0 aromatic heterocycles. The fourth-order valence-electron chi connectivity index (χ4n) is 1.41. The Morgan fingerprint density at radius 3 is 2.47 bits per heavy atom. The molecule has 0 fully saturated rings. The molecule has 15 heavy (non-hydrogen) atoms. The van der Waals surface area contributed by atoms with Crippen molar-refractivity contribution < 1.29 is 5.11 Å². The van der Waals surface area contributed by atoms with Crippen LogP contribution in [0.4, 0.5) is 0 Å². The van der Waals surface area contributed by atoms with Crippen LogP contribution in [-0.4, -0.2) is 17.8 Å². The summed E-state index contributed by atoms with van der Waals surface area (Å²) in [5.41, 5.74) is 1.29. The largest absolute Gasteiger partial charge is 0.393 e. The molecule has 0 amide bonds. The van der Waals surface area contributed by atoms with Crippen LogP contribution in [0, 0.1) is 5.92 Å². The predicted molar refractivity (Wildman–Crippen MR) is 63.6 cm³/mol. The zero-order chi connectivity index (χ0) is 11.1. The van der Waals surface area contributed by atoms with E-state index in [2.05, 4.69) is 17.4 Å². The van der Waals surface area contributed by atoms with Crippen LogP contribution in [0.5, 0.6) is 0 Å². The number of hydrogen-bond acceptors (Lipinski definition) is 2. The summed E-state index contributed by atoms with van der Waals surface area (Å²) in [7, 11) is 0. The number of aliphatic hydroxyl groups is 1.